The van der Waals surface area contributed by atoms with Crippen molar-refractivity contribution in [1.29, 1.82) is 5.26 Å². The average molecular weight is 466 g/mol. The van der Waals surface area contributed by atoms with Crippen LogP contribution >= 0.6 is 0 Å². The fraction of sp³-hybridized carbons (Fsp3) is 0.833. The normalized spacial score (nSPS) is 49.0. The number of carbonyl (C=O) groups excluding carboxylic acids is 2. The fourth-order valence-corrected chi connectivity index (χ4v) is 10.3. The standard InChI is InChI=1S/C30H43NO3/c1-26(2)11-12-30(17-32)10-7-19-24(20(30)15-26)21(33)13-23-28(19,5)9-8-22-27(3,4)25(34)18(16-31)14-29(22,23)6/h14,19-20,22-24,32H,7-13,15,17H2,1-6H3. The number of allylic oxidation sites excluding steroid dienone is 2. The van der Waals surface area contributed by atoms with Crippen molar-refractivity contribution in [1.82, 2.24) is 0 Å². The van der Waals surface area contributed by atoms with Gasteiger partial charge in [-0.3, -0.25) is 9.59 Å². The monoisotopic (exact) mass is 465 g/mol. The topological polar surface area (TPSA) is 78.2 Å². The Bertz CT molecular complexity index is 1000. The molecule has 0 saturated heterocycles. The first-order valence-electron chi connectivity index (χ1n) is 13.6. The van der Waals surface area contributed by atoms with Crippen LogP contribution in [-0.4, -0.2) is 23.3 Å². The van der Waals surface area contributed by atoms with E-state index in [2.05, 4.69) is 33.8 Å². The van der Waals surface area contributed by atoms with Gasteiger partial charge in [0.1, 0.15) is 11.9 Å². The zero-order valence-corrected chi connectivity index (χ0v) is 22.0. The van der Waals surface area contributed by atoms with E-state index >= 15 is 0 Å². The quantitative estimate of drug-likeness (QED) is 0.524. The van der Waals surface area contributed by atoms with Gasteiger partial charge in [-0.25, -0.2) is 0 Å². The number of fused-ring (bicyclic) bond motifs is 7. The van der Waals surface area contributed by atoms with Gasteiger partial charge in [0, 0.05) is 24.4 Å². The second-order valence-electron chi connectivity index (χ2n) is 14.6. The Morgan fingerprint density at radius 2 is 1.68 bits per heavy atom. The van der Waals surface area contributed by atoms with Crippen LogP contribution in [0.25, 0.3) is 0 Å². The zero-order valence-electron chi connectivity index (χ0n) is 22.0. The van der Waals surface area contributed by atoms with Crippen LogP contribution in [0.1, 0.15) is 92.9 Å². The molecule has 0 spiro atoms. The second kappa shape index (κ2) is 7.28. The highest BCUT2D eigenvalue weighted by Crippen LogP contribution is 2.71. The molecule has 0 radical (unpaired) electrons. The molecule has 0 amide bonds. The Balaban J connectivity index is 1.59. The number of hydrogen-bond donors (Lipinski definition) is 1. The maximum Gasteiger partial charge on any atom is 0.178 e. The molecule has 1 N–H and O–H groups in total. The van der Waals surface area contributed by atoms with E-state index in [1.165, 1.54) is 0 Å². The van der Waals surface area contributed by atoms with Crippen molar-refractivity contribution in [3.63, 3.8) is 0 Å². The van der Waals surface area contributed by atoms with Crippen LogP contribution in [0.3, 0.4) is 0 Å². The molecule has 4 fully saturated rings. The highest BCUT2D eigenvalue weighted by Gasteiger charge is 2.68. The number of hydrogen-bond acceptors (Lipinski definition) is 4. The zero-order chi connectivity index (χ0) is 24.9. The van der Waals surface area contributed by atoms with Crippen LogP contribution in [0.4, 0.5) is 0 Å². The molecule has 0 aromatic heterocycles. The van der Waals surface area contributed by atoms with Gasteiger partial charge < -0.3 is 5.11 Å². The SMILES string of the molecule is CC1(C)CCC2(CO)CCC3C(C(=O)CC4C5(C)C=C(C#N)C(=O)C(C)(C)C5CCC34C)C2C1. The molecule has 0 aromatic rings. The molecule has 5 aliphatic rings. The van der Waals surface area contributed by atoms with Crippen molar-refractivity contribution < 1.29 is 14.7 Å². The van der Waals surface area contributed by atoms with Crippen LogP contribution in [-0.2, 0) is 9.59 Å². The van der Waals surface area contributed by atoms with Gasteiger partial charge in [-0.2, -0.15) is 5.26 Å². The van der Waals surface area contributed by atoms with E-state index in [9.17, 15) is 20.0 Å². The summed E-state index contributed by atoms with van der Waals surface area (Å²) in [5.74, 6) is 1.30. The van der Waals surface area contributed by atoms with Crippen molar-refractivity contribution >= 4 is 11.6 Å². The minimum absolute atomic E-state index is 0.0145. The lowest BCUT2D eigenvalue weighted by Crippen LogP contribution is -2.65. The van der Waals surface area contributed by atoms with Crippen molar-refractivity contribution in [2.24, 2.45) is 56.7 Å². The summed E-state index contributed by atoms with van der Waals surface area (Å²) >= 11 is 0. The van der Waals surface area contributed by atoms with E-state index in [0.29, 0.717) is 23.7 Å². The lowest BCUT2D eigenvalue weighted by Gasteiger charge is -2.68. The molecule has 4 nitrogen and oxygen atoms in total. The van der Waals surface area contributed by atoms with Crippen LogP contribution < -0.4 is 0 Å². The Kier molecular flexibility index (Phi) is 5.19. The molecule has 5 rings (SSSR count). The molecule has 8 atom stereocenters. The van der Waals surface area contributed by atoms with Gasteiger partial charge >= 0.3 is 0 Å². The van der Waals surface area contributed by atoms with Crippen LogP contribution in [0.15, 0.2) is 11.6 Å². The predicted octanol–water partition coefficient (Wildman–Crippen LogP) is 5.89. The first kappa shape index (κ1) is 24.2. The van der Waals surface area contributed by atoms with Gasteiger partial charge in [-0.05, 0) is 90.3 Å². The molecule has 0 bridgehead atoms. The van der Waals surface area contributed by atoms with Crippen LogP contribution in [0.2, 0.25) is 0 Å². The largest absolute Gasteiger partial charge is 0.396 e. The molecule has 5 aliphatic carbocycles. The third kappa shape index (κ3) is 2.98. The number of carbonyl (C=O) groups is 2. The van der Waals surface area contributed by atoms with E-state index in [-0.39, 0.29) is 57.7 Å². The number of ketones is 2. The van der Waals surface area contributed by atoms with E-state index in [4.69, 9.17) is 0 Å². The minimum atomic E-state index is -0.582. The fourth-order valence-electron chi connectivity index (χ4n) is 10.3. The van der Waals surface area contributed by atoms with Crippen molar-refractivity contribution in [2.75, 3.05) is 6.61 Å². The van der Waals surface area contributed by atoms with Crippen molar-refractivity contribution in [2.45, 2.75) is 92.9 Å². The van der Waals surface area contributed by atoms with Gasteiger partial charge in [0.15, 0.2) is 5.78 Å². The lowest BCUT2D eigenvalue weighted by atomic mass is 9.35. The van der Waals surface area contributed by atoms with Gasteiger partial charge in [0.2, 0.25) is 0 Å². The molecule has 0 heterocycles. The number of nitrogens with zero attached hydrogens (tertiary/aromatic N) is 1. The van der Waals surface area contributed by atoms with E-state index in [0.717, 1.165) is 44.9 Å². The van der Waals surface area contributed by atoms with Crippen molar-refractivity contribution in [3.05, 3.63) is 11.6 Å². The summed E-state index contributed by atoms with van der Waals surface area (Å²) in [6.45, 7) is 13.6. The second-order valence-corrected chi connectivity index (χ2v) is 14.6. The molecule has 0 aliphatic heterocycles. The summed E-state index contributed by atoms with van der Waals surface area (Å²) in [6, 6.07) is 2.20. The van der Waals surface area contributed by atoms with Gasteiger partial charge in [-0.1, -0.05) is 47.6 Å². The Morgan fingerprint density at radius 3 is 2.32 bits per heavy atom. The third-order valence-electron chi connectivity index (χ3n) is 12.2. The number of aliphatic hydroxyl groups is 1. The molecule has 0 aromatic carbocycles. The first-order valence-corrected chi connectivity index (χ1v) is 13.6. The van der Waals surface area contributed by atoms with Crippen LogP contribution in [0, 0.1) is 68.0 Å². The first-order chi connectivity index (χ1) is 15.8. The summed E-state index contributed by atoms with van der Waals surface area (Å²) in [5.41, 5.74) is -0.482. The van der Waals surface area contributed by atoms with Gasteiger partial charge in [0.25, 0.3) is 0 Å². The molecule has 186 valence electrons. The number of rotatable bonds is 1. The van der Waals surface area contributed by atoms with Gasteiger partial charge in [-0.15, -0.1) is 0 Å². The Hall–Kier alpha value is -1.47. The van der Waals surface area contributed by atoms with E-state index in [1.807, 2.05) is 19.9 Å². The maximum absolute atomic E-state index is 14.1. The summed E-state index contributed by atoms with van der Waals surface area (Å²) in [5, 5.41) is 20.4. The lowest BCUT2D eigenvalue weighted by molar-refractivity contribution is -0.194. The maximum atomic E-state index is 14.1. The number of Topliss-reactive ketones (excluding diaryl/α,β-unsaturated/α-hetero) is 2. The summed E-state index contributed by atoms with van der Waals surface area (Å²) in [7, 11) is 0. The summed E-state index contributed by atoms with van der Waals surface area (Å²) < 4.78 is 0. The summed E-state index contributed by atoms with van der Waals surface area (Å²) in [6.07, 6.45) is 9.75. The Labute approximate surface area is 205 Å². The van der Waals surface area contributed by atoms with E-state index < -0.39 is 5.41 Å². The molecule has 4 heteroatoms. The minimum Gasteiger partial charge on any atom is -0.396 e. The van der Waals surface area contributed by atoms with Crippen LogP contribution in [0.5, 0.6) is 0 Å². The van der Waals surface area contributed by atoms with Gasteiger partial charge in [0.05, 0.1) is 5.57 Å². The number of aliphatic hydroxyl groups excluding tert-OH is 1. The molecule has 8 unspecified atom stereocenters. The highest BCUT2D eigenvalue weighted by atomic mass is 16.3. The highest BCUT2D eigenvalue weighted by molar-refractivity contribution is 6.04. The summed E-state index contributed by atoms with van der Waals surface area (Å²) in [4.78, 5) is 27.2. The van der Waals surface area contributed by atoms with Crippen molar-refractivity contribution in [3.8, 4) is 6.07 Å². The van der Waals surface area contributed by atoms with E-state index in [1.54, 1.807) is 0 Å². The average Bonchev–Trinajstić information content (AvgIpc) is 2.77. The Morgan fingerprint density at radius 1 is 0.971 bits per heavy atom. The molecular weight excluding hydrogens is 422 g/mol. The molecule has 4 saturated carbocycles. The number of nitriles is 1. The third-order valence-corrected chi connectivity index (χ3v) is 12.2. The molecule has 34 heavy (non-hydrogen) atoms. The molecular formula is C30H43NO3. The predicted molar refractivity (Wildman–Crippen MR) is 131 cm³/mol. The smallest absolute Gasteiger partial charge is 0.178 e.